The normalized spacial score (nSPS) is 14.7. The molecule has 6 nitrogen and oxygen atoms in total. The van der Waals surface area contributed by atoms with E-state index in [0.29, 0.717) is 5.89 Å². The fourth-order valence-electron chi connectivity index (χ4n) is 0.963. The van der Waals surface area contributed by atoms with Crippen molar-refractivity contribution in [3.8, 4) is 0 Å². The molecule has 0 aliphatic heterocycles. The topological polar surface area (TPSA) is 88.2 Å². The highest BCUT2D eigenvalue weighted by Crippen LogP contribution is 2.02. The van der Waals surface area contributed by atoms with Gasteiger partial charge in [0.05, 0.1) is 0 Å². The molecule has 1 aromatic heterocycles. The van der Waals surface area contributed by atoms with Gasteiger partial charge in [-0.05, 0) is 12.8 Å². The first-order valence-electron chi connectivity index (χ1n) is 4.76. The van der Waals surface area contributed by atoms with Crippen LogP contribution in [0.15, 0.2) is 4.52 Å². The highest BCUT2D eigenvalue weighted by atomic mass is 16.5. The lowest BCUT2D eigenvalue weighted by atomic mass is 10.1. The van der Waals surface area contributed by atoms with Crippen molar-refractivity contribution in [3.05, 3.63) is 11.7 Å². The van der Waals surface area contributed by atoms with E-state index < -0.39 is 0 Å². The predicted octanol–water partition coefficient (Wildman–Crippen LogP) is 0.125. The van der Waals surface area contributed by atoms with E-state index in [1.165, 1.54) is 0 Å². The number of aliphatic hydroxyl groups is 1. The number of carbonyl (C=O) groups excluding carboxylic acids is 1. The zero-order chi connectivity index (χ0) is 11.4. The molecule has 84 valence electrons. The molecule has 0 aliphatic rings. The molecule has 0 saturated heterocycles. The Morgan fingerprint density at radius 2 is 2.27 bits per heavy atom. The van der Waals surface area contributed by atoms with Crippen LogP contribution in [-0.4, -0.2) is 33.8 Å². The number of rotatable bonds is 4. The fourth-order valence-corrected chi connectivity index (χ4v) is 0.963. The Balaban J connectivity index is 2.56. The first-order valence-corrected chi connectivity index (χ1v) is 4.76. The molecule has 15 heavy (non-hydrogen) atoms. The van der Waals surface area contributed by atoms with Gasteiger partial charge >= 0.3 is 0 Å². The zero-order valence-corrected chi connectivity index (χ0v) is 9.02. The highest BCUT2D eigenvalue weighted by Gasteiger charge is 2.18. The van der Waals surface area contributed by atoms with Gasteiger partial charge in [-0.25, -0.2) is 0 Å². The van der Waals surface area contributed by atoms with Crippen molar-refractivity contribution in [1.82, 2.24) is 15.5 Å². The second kappa shape index (κ2) is 4.88. The smallest absolute Gasteiger partial charge is 0.292 e. The van der Waals surface area contributed by atoms with Crippen molar-refractivity contribution in [3.63, 3.8) is 0 Å². The first-order chi connectivity index (χ1) is 7.04. The van der Waals surface area contributed by atoms with Gasteiger partial charge in [0.2, 0.25) is 5.89 Å². The number of aliphatic hydroxyl groups excluding tert-OH is 1. The van der Waals surface area contributed by atoms with Crippen molar-refractivity contribution >= 4 is 5.91 Å². The number of nitrogens with zero attached hydrogens (tertiary/aromatic N) is 2. The largest absolute Gasteiger partial charge is 0.396 e. The van der Waals surface area contributed by atoms with Gasteiger partial charge in [-0.15, -0.1) is 0 Å². The third-order valence-electron chi connectivity index (χ3n) is 2.23. The van der Waals surface area contributed by atoms with Crippen LogP contribution in [0.25, 0.3) is 0 Å². The average molecular weight is 213 g/mol. The molecule has 1 heterocycles. The van der Waals surface area contributed by atoms with E-state index in [1.807, 2.05) is 13.8 Å². The molecular weight excluding hydrogens is 198 g/mol. The standard InChI is InChI=1S/C9H15N3O3/c1-5(4-13)6(2)10-9(14)8-11-7(3)15-12-8/h5-6,13H,4H2,1-3H3,(H,10,14). The van der Waals surface area contributed by atoms with Crippen molar-refractivity contribution in [1.29, 1.82) is 0 Å². The number of aryl methyl sites for hydroxylation is 1. The van der Waals surface area contributed by atoms with Gasteiger partial charge in [-0.3, -0.25) is 4.79 Å². The van der Waals surface area contributed by atoms with Crippen molar-refractivity contribution in [2.75, 3.05) is 6.61 Å². The number of hydrogen-bond acceptors (Lipinski definition) is 5. The van der Waals surface area contributed by atoms with E-state index in [1.54, 1.807) is 6.92 Å². The molecule has 0 saturated carbocycles. The quantitative estimate of drug-likeness (QED) is 0.741. The van der Waals surface area contributed by atoms with Gasteiger partial charge in [-0.1, -0.05) is 12.1 Å². The summed E-state index contributed by atoms with van der Waals surface area (Å²) in [7, 11) is 0. The Kier molecular flexibility index (Phi) is 3.79. The number of nitrogens with one attached hydrogen (secondary N) is 1. The molecule has 6 heteroatoms. The monoisotopic (exact) mass is 213 g/mol. The maximum Gasteiger partial charge on any atom is 0.292 e. The third-order valence-corrected chi connectivity index (χ3v) is 2.23. The lowest BCUT2D eigenvalue weighted by Gasteiger charge is -2.17. The minimum atomic E-state index is -0.389. The lowest BCUT2D eigenvalue weighted by Crippen LogP contribution is -2.38. The molecule has 0 radical (unpaired) electrons. The van der Waals surface area contributed by atoms with Gasteiger partial charge in [0.25, 0.3) is 11.7 Å². The highest BCUT2D eigenvalue weighted by molar-refractivity contribution is 5.90. The summed E-state index contributed by atoms with van der Waals surface area (Å²) < 4.78 is 4.68. The van der Waals surface area contributed by atoms with E-state index in [4.69, 9.17) is 5.11 Å². The van der Waals surface area contributed by atoms with Gasteiger partial charge in [0.15, 0.2) is 0 Å². The van der Waals surface area contributed by atoms with Crippen LogP contribution in [0.3, 0.4) is 0 Å². The lowest BCUT2D eigenvalue weighted by molar-refractivity contribution is 0.0902. The molecule has 1 aromatic rings. The SMILES string of the molecule is Cc1nc(C(=O)NC(C)C(C)CO)no1. The minimum absolute atomic E-state index is 0.0121. The van der Waals surface area contributed by atoms with Crippen molar-refractivity contribution in [2.24, 2.45) is 5.92 Å². The van der Waals surface area contributed by atoms with Crippen LogP contribution in [0.4, 0.5) is 0 Å². The molecular formula is C9H15N3O3. The van der Waals surface area contributed by atoms with Gasteiger partial charge in [0, 0.05) is 19.6 Å². The van der Waals surface area contributed by atoms with Crippen LogP contribution >= 0.6 is 0 Å². The summed E-state index contributed by atoms with van der Waals surface area (Å²) in [5.41, 5.74) is 0. The number of amides is 1. The van der Waals surface area contributed by atoms with Crippen molar-refractivity contribution in [2.45, 2.75) is 26.8 Å². The summed E-state index contributed by atoms with van der Waals surface area (Å²) in [6.45, 7) is 5.29. The molecule has 2 atom stereocenters. The third kappa shape index (κ3) is 3.02. The molecule has 0 bridgehead atoms. The summed E-state index contributed by atoms with van der Waals surface area (Å²) in [6, 6.07) is -0.138. The van der Waals surface area contributed by atoms with Crippen LogP contribution < -0.4 is 5.32 Å². The van der Waals surface area contributed by atoms with Gasteiger partial charge in [0.1, 0.15) is 0 Å². The number of carbonyl (C=O) groups is 1. The second-order valence-electron chi connectivity index (χ2n) is 3.56. The predicted molar refractivity (Wildman–Crippen MR) is 52.2 cm³/mol. The van der Waals surface area contributed by atoms with E-state index in [-0.39, 0.29) is 30.3 Å². The fraction of sp³-hybridized carbons (Fsp3) is 0.667. The average Bonchev–Trinajstić information content (AvgIpc) is 2.63. The van der Waals surface area contributed by atoms with Gasteiger partial charge in [-0.2, -0.15) is 4.98 Å². The van der Waals surface area contributed by atoms with Crippen LogP contribution in [-0.2, 0) is 0 Å². The Bertz CT molecular complexity index is 337. The maximum absolute atomic E-state index is 11.5. The Labute approximate surface area is 87.7 Å². The van der Waals surface area contributed by atoms with E-state index in [2.05, 4.69) is 20.0 Å². The summed E-state index contributed by atoms with van der Waals surface area (Å²) in [6.07, 6.45) is 0. The van der Waals surface area contributed by atoms with E-state index >= 15 is 0 Å². The molecule has 0 fully saturated rings. The second-order valence-corrected chi connectivity index (χ2v) is 3.56. The molecule has 1 rings (SSSR count). The number of aromatic nitrogens is 2. The molecule has 0 aliphatic carbocycles. The van der Waals surface area contributed by atoms with Crippen LogP contribution in [0.1, 0.15) is 30.4 Å². The molecule has 0 spiro atoms. The first kappa shape index (κ1) is 11.6. The van der Waals surface area contributed by atoms with Crippen LogP contribution in [0.5, 0.6) is 0 Å². The van der Waals surface area contributed by atoms with Crippen LogP contribution in [0, 0.1) is 12.8 Å². The molecule has 0 aromatic carbocycles. The minimum Gasteiger partial charge on any atom is -0.396 e. The Hall–Kier alpha value is -1.43. The summed E-state index contributed by atoms with van der Waals surface area (Å²) in [4.78, 5) is 15.3. The molecule has 1 amide bonds. The molecule has 2 N–H and O–H groups in total. The Morgan fingerprint density at radius 1 is 1.60 bits per heavy atom. The van der Waals surface area contributed by atoms with E-state index in [0.717, 1.165) is 0 Å². The zero-order valence-electron chi connectivity index (χ0n) is 9.02. The van der Waals surface area contributed by atoms with Crippen LogP contribution in [0.2, 0.25) is 0 Å². The van der Waals surface area contributed by atoms with E-state index in [9.17, 15) is 4.79 Å². The summed E-state index contributed by atoms with van der Waals surface area (Å²) in [5, 5.41) is 15.1. The van der Waals surface area contributed by atoms with Gasteiger partial charge < -0.3 is 14.9 Å². The van der Waals surface area contributed by atoms with Crippen molar-refractivity contribution < 1.29 is 14.4 Å². The molecule has 2 unspecified atom stereocenters. The Morgan fingerprint density at radius 3 is 2.73 bits per heavy atom. The summed E-state index contributed by atoms with van der Waals surface area (Å²) >= 11 is 0. The number of hydrogen-bond donors (Lipinski definition) is 2. The summed E-state index contributed by atoms with van der Waals surface area (Å²) in [5.74, 6) is -0.0332. The maximum atomic E-state index is 11.5.